The molecule has 0 fully saturated rings. The zero-order chi connectivity index (χ0) is 16.4. The second-order valence-corrected chi connectivity index (χ2v) is 6.67. The summed E-state index contributed by atoms with van der Waals surface area (Å²) in [6, 6.07) is 12.6. The molecule has 3 N–H and O–H groups in total. The topological polar surface area (TPSA) is 41.8 Å². The second kappa shape index (κ2) is 6.77. The Balaban J connectivity index is 2.16. The van der Waals surface area contributed by atoms with Gasteiger partial charge in [-0.15, -0.1) is 0 Å². The van der Waals surface area contributed by atoms with Crippen molar-refractivity contribution in [3.63, 3.8) is 0 Å². The molecule has 3 rings (SSSR count). The number of nitrogens with two attached hydrogens (primary N) is 1. The first-order chi connectivity index (χ1) is 11.1. The number of hydrogen-bond donors (Lipinski definition) is 2. The molecule has 0 atom stereocenters. The molecular formula is C20H23ClN2. The summed E-state index contributed by atoms with van der Waals surface area (Å²) in [5, 5.41) is 2.12. The number of nitrogens with one attached hydrogen (secondary N) is 1. The van der Waals surface area contributed by atoms with E-state index < -0.39 is 0 Å². The quantitative estimate of drug-likeness (QED) is 0.607. The zero-order valence-electron chi connectivity index (χ0n) is 13.7. The van der Waals surface area contributed by atoms with Crippen LogP contribution in [0.25, 0.3) is 22.2 Å². The number of halogens is 1. The van der Waals surface area contributed by atoms with Gasteiger partial charge in [-0.3, -0.25) is 0 Å². The Labute approximate surface area is 142 Å². The summed E-state index contributed by atoms with van der Waals surface area (Å²) >= 11 is 6.04. The third-order valence-corrected chi connectivity index (χ3v) is 4.61. The fourth-order valence-corrected chi connectivity index (χ4v) is 3.49. The minimum atomic E-state index is 0.747. The lowest BCUT2D eigenvalue weighted by Crippen LogP contribution is -1.99. The number of aryl methyl sites for hydroxylation is 3. The van der Waals surface area contributed by atoms with Gasteiger partial charge in [-0.25, -0.2) is 0 Å². The molecule has 23 heavy (non-hydrogen) atoms. The third-order valence-electron chi connectivity index (χ3n) is 4.36. The van der Waals surface area contributed by atoms with Crippen molar-refractivity contribution in [1.29, 1.82) is 0 Å². The van der Waals surface area contributed by atoms with Gasteiger partial charge in [-0.1, -0.05) is 29.8 Å². The van der Waals surface area contributed by atoms with Crippen LogP contribution in [0, 0.1) is 13.8 Å². The molecule has 3 aromatic rings. The average Bonchev–Trinajstić information content (AvgIpc) is 2.87. The van der Waals surface area contributed by atoms with E-state index in [0.29, 0.717) is 0 Å². The van der Waals surface area contributed by atoms with Gasteiger partial charge in [-0.05, 0) is 80.1 Å². The number of fused-ring (bicyclic) bond motifs is 1. The van der Waals surface area contributed by atoms with E-state index >= 15 is 0 Å². The molecule has 0 aliphatic heterocycles. The predicted molar refractivity (Wildman–Crippen MR) is 100 cm³/mol. The van der Waals surface area contributed by atoms with Crippen LogP contribution in [0.5, 0.6) is 0 Å². The molecule has 1 aromatic heterocycles. The lowest BCUT2D eigenvalue weighted by atomic mass is 9.97. The lowest BCUT2D eigenvalue weighted by molar-refractivity contribution is 0.748. The maximum Gasteiger partial charge on any atom is 0.0497 e. The molecule has 0 aliphatic rings. The average molecular weight is 327 g/mol. The summed E-state index contributed by atoms with van der Waals surface area (Å²) in [5.41, 5.74) is 13.3. The van der Waals surface area contributed by atoms with Crippen molar-refractivity contribution in [2.75, 3.05) is 6.54 Å². The van der Waals surface area contributed by atoms with Gasteiger partial charge in [0.2, 0.25) is 0 Å². The van der Waals surface area contributed by atoms with E-state index in [9.17, 15) is 0 Å². The normalized spacial score (nSPS) is 11.3. The van der Waals surface area contributed by atoms with Gasteiger partial charge in [0.15, 0.2) is 0 Å². The highest BCUT2D eigenvalue weighted by Crippen LogP contribution is 2.34. The van der Waals surface area contributed by atoms with Gasteiger partial charge in [-0.2, -0.15) is 0 Å². The first kappa shape index (κ1) is 16.1. The number of unbranched alkanes of at least 4 members (excludes halogenated alkanes) is 1. The Bertz CT molecular complexity index is 816. The summed E-state index contributed by atoms with van der Waals surface area (Å²) in [7, 11) is 0. The molecule has 0 saturated heterocycles. The molecule has 0 aliphatic carbocycles. The van der Waals surface area contributed by atoms with E-state index in [0.717, 1.165) is 30.8 Å². The molecule has 2 aromatic carbocycles. The maximum absolute atomic E-state index is 6.04. The number of aromatic amines is 1. The van der Waals surface area contributed by atoms with E-state index in [4.69, 9.17) is 17.3 Å². The number of aromatic nitrogens is 1. The van der Waals surface area contributed by atoms with E-state index in [1.165, 1.54) is 38.9 Å². The fraction of sp³-hybridized carbons (Fsp3) is 0.300. The Hall–Kier alpha value is -1.77. The van der Waals surface area contributed by atoms with Gasteiger partial charge in [0.25, 0.3) is 0 Å². The Morgan fingerprint density at radius 3 is 2.48 bits per heavy atom. The monoisotopic (exact) mass is 326 g/mol. The molecular weight excluding hydrogens is 304 g/mol. The summed E-state index contributed by atoms with van der Waals surface area (Å²) in [6.45, 7) is 5.08. The molecule has 0 bridgehead atoms. The minimum Gasteiger partial charge on any atom is -0.354 e. The summed E-state index contributed by atoms with van der Waals surface area (Å²) in [5.74, 6) is 0. The highest BCUT2D eigenvalue weighted by atomic mass is 35.5. The summed E-state index contributed by atoms with van der Waals surface area (Å²) < 4.78 is 0. The van der Waals surface area contributed by atoms with Crippen molar-refractivity contribution in [3.05, 3.63) is 58.1 Å². The van der Waals surface area contributed by atoms with Gasteiger partial charge in [0.05, 0.1) is 0 Å². The molecule has 1 heterocycles. The lowest BCUT2D eigenvalue weighted by Gasteiger charge is -2.07. The highest BCUT2D eigenvalue weighted by Gasteiger charge is 2.15. The van der Waals surface area contributed by atoms with Crippen molar-refractivity contribution >= 4 is 22.5 Å². The van der Waals surface area contributed by atoms with Crippen molar-refractivity contribution in [2.24, 2.45) is 5.73 Å². The molecule has 120 valence electrons. The number of hydrogen-bond acceptors (Lipinski definition) is 1. The first-order valence-corrected chi connectivity index (χ1v) is 8.55. The standard InChI is InChI=1S/C20H23ClN2/c1-13-11-14(2)19-17(5-3-4-10-22)20(23-18(19)12-13)15-6-8-16(21)9-7-15/h6-9,11-12,23H,3-5,10,22H2,1-2H3. The predicted octanol–water partition coefficient (Wildman–Crippen LogP) is 5.39. The second-order valence-electron chi connectivity index (χ2n) is 6.24. The Kier molecular flexibility index (Phi) is 4.74. The van der Waals surface area contributed by atoms with Gasteiger partial charge in [0.1, 0.15) is 0 Å². The maximum atomic E-state index is 6.04. The van der Waals surface area contributed by atoms with Gasteiger partial charge in [0, 0.05) is 21.6 Å². The van der Waals surface area contributed by atoms with Crippen LogP contribution in [-0.4, -0.2) is 11.5 Å². The molecule has 0 radical (unpaired) electrons. The molecule has 0 spiro atoms. The van der Waals surface area contributed by atoms with Crippen LogP contribution in [0.15, 0.2) is 36.4 Å². The van der Waals surface area contributed by atoms with Crippen LogP contribution in [0.1, 0.15) is 29.5 Å². The smallest absolute Gasteiger partial charge is 0.0497 e. The number of H-pyrrole nitrogens is 1. The van der Waals surface area contributed by atoms with Crippen molar-refractivity contribution in [1.82, 2.24) is 4.98 Å². The summed E-state index contributed by atoms with van der Waals surface area (Å²) in [4.78, 5) is 3.63. The summed E-state index contributed by atoms with van der Waals surface area (Å²) in [6.07, 6.45) is 3.20. The van der Waals surface area contributed by atoms with Crippen LogP contribution >= 0.6 is 11.6 Å². The van der Waals surface area contributed by atoms with Crippen molar-refractivity contribution in [2.45, 2.75) is 33.1 Å². The van der Waals surface area contributed by atoms with Crippen LogP contribution < -0.4 is 5.73 Å². The molecule has 0 unspecified atom stereocenters. The molecule has 0 saturated carbocycles. The van der Waals surface area contributed by atoms with E-state index in [2.05, 4.69) is 43.1 Å². The largest absolute Gasteiger partial charge is 0.354 e. The Morgan fingerprint density at radius 1 is 1.04 bits per heavy atom. The van der Waals surface area contributed by atoms with Crippen LogP contribution in [0.4, 0.5) is 0 Å². The van der Waals surface area contributed by atoms with Gasteiger partial charge >= 0.3 is 0 Å². The Morgan fingerprint density at radius 2 is 1.78 bits per heavy atom. The highest BCUT2D eigenvalue weighted by molar-refractivity contribution is 6.30. The zero-order valence-corrected chi connectivity index (χ0v) is 14.5. The van der Waals surface area contributed by atoms with E-state index in [1.807, 2.05) is 12.1 Å². The van der Waals surface area contributed by atoms with Crippen molar-refractivity contribution < 1.29 is 0 Å². The first-order valence-electron chi connectivity index (χ1n) is 8.18. The van der Waals surface area contributed by atoms with E-state index in [-0.39, 0.29) is 0 Å². The minimum absolute atomic E-state index is 0.747. The molecule has 0 amide bonds. The number of benzene rings is 2. The van der Waals surface area contributed by atoms with Crippen LogP contribution in [0.2, 0.25) is 5.02 Å². The fourth-order valence-electron chi connectivity index (χ4n) is 3.36. The number of rotatable bonds is 5. The third kappa shape index (κ3) is 3.29. The van der Waals surface area contributed by atoms with Gasteiger partial charge < -0.3 is 10.7 Å². The van der Waals surface area contributed by atoms with E-state index in [1.54, 1.807) is 0 Å². The molecule has 2 nitrogen and oxygen atoms in total. The SMILES string of the molecule is Cc1cc(C)c2c(CCCCN)c(-c3ccc(Cl)cc3)[nH]c2c1. The van der Waals surface area contributed by atoms with Crippen LogP contribution in [-0.2, 0) is 6.42 Å². The van der Waals surface area contributed by atoms with Crippen molar-refractivity contribution in [3.8, 4) is 11.3 Å². The van der Waals surface area contributed by atoms with Crippen LogP contribution in [0.3, 0.4) is 0 Å². The molecule has 3 heteroatoms.